The van der Waals surface area contributed by atoms with Gasteiger partial charge in [-0.15, -0.1) is 0 Å². The number of pyridine rings is 1. The number of anilines is 1. The first kappa shape index (κ1) is 16.6. The van der Waals surface area contributed by atoms with Gasteiger partial charge in [-0.05, 0) is 30.4 Å². The molecule has 0 atom stereocenters. The van der Waals surface area contributed by atoms with Crippen LogP contribution in [0.5, 0.6) is 0 Å². The van der Waals surface area contributed by atoms with E-state index < -0.39 is 0 Å². The molecule has 2 amide bonds. The predicted molar refractivity (Wildman–Crippen MR) is 102 cm³/mol. The highest BCUT2D eigenvalue weighted by Crippen LogP contribution is 2.26. The minimum absolute atomic E-state index is 0.103. The molecule has 4 rings (SSSR count). The number of aromatic nitrogens is 3. The number of urea groups is 1. The van der Waals surface area contributed by atoms with Gasteiger partial charge in [-0.1, -0.05) is 30.7 Å². The van der Waals surface area contributed by atoms with Crippen LogP contribution in [0.4, 0.5) is 10.6 Å². The largest absolute Gasteiger partial charge is 0.327 e. The number of fused-ring (bicyclic) bond motifs is 1. The number of hydrogen-bond donors (Lipinski definition) is 1. The van der Waals surface area contributed by atoms with Crippen molar-refractivity contribution < 1.29 is 4.79 Å². The fraction of sp³-hybridized carbons (Fsp3) is 0.350. The lowest BCUT2D eigenvalue weighted by Gasteiger charge is -2.29. The highest BCUT2D eigenvalue weighted by molar-refractivity contribution is 5.88. The van der Waals surface area contributed by atoms with Gasteiger partial charge in [-0.25, -0.2) is 4.79 Å². The summed E-state index contributed by atoms with van der Waals surface area (Å²) in [4.78, 5) is 18.5. The van der Waals surface area contributed by atoms with Gasteiger partial charge < -0.3 is 4.90 Å². The number of para-hydroxylation sites is 1. The Labute approximate surface area is 152 Å². The van der Waals surface area contributed by atoms with Crippen LogP contribution in [0.1, 0.15) is 24.8 Å². The maximum Gasteiger partial charge on any atom is 0.322 e. The van der Waals surface area contributed by atoms with Crippen LogP contribution in [0.3, 0.4) is 0 Å². The maximum absolute atomic E-state index is 12.3. The Hall–Kier alpha value is -2.89. The Balaban J connectivity index is 1.42. The number of carbonyl (C=O) groups excluding carboxylic acids is 1. The third-order valence-corrected chi connectivity index (χ3v) is 5.03. The molecule has 0 aliphatic heterocycles. The van der Waals surface area contributed by atoms with Gasteiger partial charge in [0.15, 0.2) is 5.82 Å². The molecule has 0 spiro atoms. The summed E-state index contributed by atoms with van der Waals surface area (Å²) in [6, 6.07) is 11.9. The van der Waals surface area contributed by atoms with Crippen molar-refractivity contribution in [1.82, 2.24) is 19.7 Å². The zero-order valence-corrected chi connectivity index (χ0v) is 14.9. The number of hydrogen-bond acceptors (Lipinski definition) is 3. The Morgan fingerprint density at radius 3 is 2.92 bits per heavy atom. The third kappa shape index (κ3) is 3.54. The molecule has 1 aliphatic rings. The molecule has 1 N–H and O–H groups in total. The number of carbonyl (C=O) groups is 1. The summed E-state index contributed by atoms with van der Waals surface area (Å²) in [7, 11) is 1.84. The minimum atomic E-state index is -0.103. The minimum Gasteiger partial charge on any atom is -0.327 e. The van der Waals surface area contributed by atoms with E-state index in [-0.39, 0.29) is 6.03 Å². The fourth-order valence-electron chi connectivity index (χ4n) is 3.34. The predicted octanol–water partition coefficient (Wildman–Crippen LogP) is 3.74. The van der Waals surface area contributed by atoms with Crippen molar-refractivity contribution in [2.24, 2.45) is 5.92 Å². The lowest BCUT2D eigenvalue weighted by atomic mass is 9.85. The molecule has 2 aromatic heterocycles. The van der Waals surface area contributed by atoms with Gasteiger partial charge in [0.25, 0.3) is 0 Å². The zero-order chi connectivity index (χ0) is 17.9. The van der Waals surface area contributed by atoms with E-state index in [1.165, 1.54) is 19.3 Å². The van der Waals surface area contributed by atoms with Gasteiger partial charge >= 0.3 is 6.03 Å². The Kier molecular flexibility index (Phi) is 4.56. The van der Waals surface area contributed by atoms with Gasteiger partial charge in [-0.2, -0.15) is 5.10 Å². The Bertz CT molecular complexity index is 910. The van der Waals surface area contributed by atoms with Crippen LogP contribution in [0.25, 0.3) is 10.9 Å². The normalized spacial score (nSPS) is 14.2. The van der Waals surface area contributed by atoms with Crippen LogP contribution >= 0.6 is 0 Å². The topological polar surface area (TPSA) is 63.1 Å². The molecule has 0 radical (unpaired) electrons. The molecule has 6 heteroatoms. The van der Waals surface area contributed by atoms with Gasteiger partial charge in [0.1, 0.15) is 0 Å². The van der Waals surface area contributed by atoms with Crippen molar-refractivity contribution in [2.45, 2.75) is 25.8 Å². The highest BCUT2D eigenvalue weighted by atomic mass is 16.2. The van der Waals surface area contributed by atoms with Crippen LogP contribution in [-0.4, -0.2) is 39.3 Å². The fourth-order valence-corrected chi connectivity index (χ4v) is 3.34. The van der Waals surface area contributed by atoms with Crippen LogP contribution < -0.4 is 5.32 Å². The second-order valence-electron chi connectivity index (χ2n) is 7.00. The van der Waals surface area contributed by atoms with E-state index in [1.807, 2.05) is 36.1 Å². The Morgan fingerprint density at radius 2 is 2.12 bits per heavy atom. The summed E-state index contributed by atoms with van der Waals surface area (Å²) in [6.45, 7) is 1.43. The van der Waals surface area contributed by atoms with Gasteiger partial charge in [-0.3, -0.25) is 15.0 Å². The summed E-state index contributed by atoms with van der Waals surface area (Å²) in [5.74, 6) is 1.23. The quantitative estimate of drug-likeness (QED) is 0.763. The number of nitrogens with one attached hydrogen (secondary N) is 1. The third-order valence-electron chi connectivity index (χ3n) is 5.03. The lowest BCUT2D eigenvalue weighted by Crippen LogP contribution is -2.37. The first-order chi connectivity index (χ1) is 12.7. The first-order valence-corrected chi connectivity index (χ1v) is 9.07. The molecular weight excluding hydrogens is 326 g/mol. The molecule has 1 aliphatic carbocycles. The number of rotatable bonds is 5. The molecule has 2 heterocycles. The molecule has 6 nitrogen and oxygen atoms in total. The summed E-state index contributed by atoms with van der Waals surface area (Å²) in [5, 5.41) is 8.47. The molecule has 26 heavy (non-hydrogen) atoms. The van der Waals surface area contributed by atoms with Crippen molar-refractivity contribution >= 4 is 22.8 Å². The standard InChI is InChI=1S/C20H23N5O/c1-24(13-15-5-2-6-15)20(26)22-18-10-12-25(23-18)14-17-8-3-7-16-9-4-11-21-19(16)17/h3-4,7-12,15H,2,5-6,13-14H2,1H3,(H,22,23,26). The molecule has 3 aromatic rings. The van der Waals surface area contributed by atoms with E-state index in [9.17, 15) is 4.79 Å². The molecular formula is C20H23N5O. The van der Waals surface area contributed by atoms with Crippen molar-refractivity contribution in [3.05, 3.63) is 54.4 Å². The van der Waals surface area contributed by atoms with Gasteiger partial charge in [0.2, 0.25) is 0 Å². The highest BCUT2D eigenvalue weighted by Gasteiger charge is 2.21. The summed E-state index contributed by atoms with van der Waals surface area (Å²) in [6.07, 6.45) is 7.42. The van der Waals surface area contributed by atoms with Crippen LogP contribution in [-0.2, 0) is 6.54 Å². The van der Waals surface area contributed by atoms with Gasteiger partial charge in [0, 0.05) is 37.4 Å². The maximum atomic E-state index is 12.3. The van der Waals surface area contributed by atoms with E-state index >= 15 is 0 Å². The van der Waals surface area contributed by atoms with Crippen molar-refractivity contribution in [1.29, 1.82) is 0 Å². The molecule has 1 saturated carbocycles. The zero-order valence-electron chi connectivity index (χ0n) is 14.9. The number of nitrogens with zero attached hydrogens (tertiary/aromatic N) is 4. The molecule has 0 bridgehead atoms. The van der Waals surface area contributed by atoms with E-state index in [0.717, 1.165) is 23.0 Å². The van der Waals surface area contributed by atoms with Crippen LogP contribution in [0, 0.1) is 5.92 Å². The molecule has 0 unspecified atom stereocenters. The van der Waals surface area contributed by atoms with Crippen molar-refractivity contribution in [3.63, 3.8) is 0 Å². The average molecular weight is 349 g/mol. The molecule has 0 saturated heterocycles. The number of amides is 2. The monoisotopic (exact) mass is 349 g/mol. The van der Waals surface area contributed by atoms with Crippen molar-refractivity contribution in [2.75, 3.05) is 18.9 Å². The van der Waals surface area contributed by atoms with E-state index in [4.69, 9.17) is 0 Å². The molecule has 1 fully saturated rings. The Morgan fingerprint density at radius 1 is 1.27 bits per heavy atom. The van der Waals surface area contributed by atoms with E-state index in [0.29, 0.717) is 18.3 Å². The first-order valence-electron chi connectivity index (χ1n) is 9.07. The number of benzene rings is 1. The van der Waals surface area contributed by atoms with Crippen LogP contribution in [0.2, 0.25) is 0 Å². The van der Waals surface area contributed by atoms with Crippen LogP contribution in [0.15, 0.2) is 48.8 Å². The average Bonchev–Trinajstić information content (AvgIpc) is 3.05. The smallest absolute Gasteiger partial charge is 0.322 e. The van der Waals surface area contributed by atoms with Crippen molar-refractivity contribution in [3.8, 4) is 0 Å². The second-order valence-corrected chi connectivity index (χ2v) is 7.00. The molecule has 134 valence electrons. The van der Waals surface area contributed by atoms with E-state index in [1.54, 1.807) is 11.1 Å². The SMILES string of the molecule is CN(CC1CCC1)C(=O)Nc1ccn(Cc2cccc3cccnc23)n1. The lowest BCUT2D eigenvalue weighted by molar-refractivity contribution is 0.194. The second kappa shape index (κ2) is 7.15. The summed E-state index contributed by atoms with van der Waals surface area (Å²) in [5.41, 5.74) is 2.09. The summed E-state index contributed by atoms with van der Waals surface area (Å²) >= 11 is 0. The van der Waals surface area contributed by atoms with Gasteiger partial charge in [0.05, 0.1) is 12.1 Å². The van der Waals surface area contributed by atoms with E-state index in [2.05, 4.69) is 33.6 Å². The molecule has 1 aromatic carbocycles. The summed E-state index contributed by atoms with van der Waals surface area (Å²) < 4.78 is 1.82.